The summed E-state index contributed by atoms with van der Waals surface area (Å²) in [5, 5.41) is 3.54. The van der Waals surface area contributed by atoms with Crippen molar-refractivity contribution in [3.63, 3.8) is 0 Å². The van der Waals surface area contributed by atoms with Crippen LogP contribution in [0.3, 0.4) is 0 Å². The molecule has 96 valence electrons. The molecule has 1 aliphatic rings. The Morgan fingerprint density at radius 1 is 1.19 bits per heavy atom. The van der Waals surface area contributed by atoms with E-state index in [1.54, 1.807) is 0 Å². The number of hydrogen-bond donors (Lipinski definition) is 1. The summed E-state index contributed by atoms with van der Waals surface area (Å²) < 4.78 is 0. The molecule has 0 unspecified atom stereocenters. The zero-order valence-corrected chi connectivity index (χ0v) is 11.9. The Bertz CT molecular complexity index is 203. The predicted octanol–water partition coefficient (Wildman–Crippen LogP) is 2.89. The largest absolute Gasteiger partial charge is 0.312 e. The van der Waals surface area contributed by atoms with Gasteiger partial charge in [0, 0.05) is 12.1 Å². The van der Waals surface area contributed by atoms with Crippen LogP contribution >= 0.6 is 0 Å². The minimum Gasteiger partial charge on any atom is -0.312 e. The van der Waals surface area contributed by atoms with Crippen LogP contribution in [0.2, 0.25) is 0 Å². The molecule has 2 nitrogen and oxygen atoms in total. The van der Waals surface area contributed by atoms with Crippen LogP contribution in [0.15, 0.2) is 0 Å². The Morgan fingerprint density at radius 3 is 2.38 bits per heavy atom. The number of unbranched alkanes of at least 4 members (excludes halogenated alkanes) is 1. The van der Waals surface area contributed by atoms with Crippen molar-refractivity contribution in [2.45, 2.75) is 59.4 Å². The smallest absolute Gasteiger partial charge is 0.00965 e. The SMILES string of the molecule is CC1(C)CCN(CCCCNC(C)(C)C)C1. The van der Waals surface area contributed by atoms with Crippen molar-refractivity contribution in [2.75, 3.05) is 26.2 Å². The first-order valence-electron chi connectivity index (χ1n) is 6.76. The molecule has 0 saturated carbocycles. The molecule has 0 aromatic heterocycles. The summed E-state index contributed by atoms with van der Waals surface area (Å²) in [7, 11) is 0. The molecule has 1 aliphatic heterocycles. The van der Waals surface area contributed by atoms with E-state index in [1.165, 1.54) is 38.9 Å². The molecule has 0 atom stereocenters. The molecular formula is C14H30N2. The maximum atomic E-state index is 3.54. The van der Waals surface area contributed by atoms with Gasteiger partial charge in [0.05, 0.1) is 0 Å². The highest BCUT2D eigenvalue weighted by atomic mass is 15.1. The number of likely N-dealkylation sites (tertiary alicyclic amines) is 1. The van der Waals surface area contributed by atoms with E-state index in [0.717, 1.165) is 6.54 Å². The summed E-state index contributed by atoms with van der Waals surface area (Å²) in [5.74, 6) is 0. The maximum absolute atomic E-state index is 3.54. The molecule has 0 aliphatic carbocycles. The van der Waals surface area contributed by atoms with E-state index in [2.05, 4.69) is 44.8 Å². The van der Waals surface area contributed by atoms with Gasteiger partial charge in [0.2, 0.25) is 0 Å². The van der Waals surface area contributed by atoms with Crippen LogP contribution in [-0.2, 0) is 0 Å². The van der Waals surface area contributed by atoms with E-state index in [-0.39, 0.29) is 5.54 Å². The standard InChI is InChI=1S/C14H30N2/c1-13(2,3)15-9-6-7-10-16-11-8-14(4,5)12-16/h15H,6-12H2,1-5H3. The Balaban J connectivity index is 2.00. The summed E-state index contributed by atoms with van der Waals surface area (Å²) >= 11 is 0. The first kappa shape index (κ1) is 14.0. The zero-order chi connectivity index (χ0) is 12.2. The molecule has 0 spiro atoms. The molecule has 2 heteroatoms. The van der Waals surface area contributed by atoms with Crippen LogP contribution in [0.5, 0.6) is 0 Å². The van der Waals surface area contributed by atoms with Gasteiger partial charge in [-0.25, -0.2) is 0 Å². The summed E-state index contributed by atoms with van der Waals surface area (Å²) in [6.07, 6.45) is 4.00. The van der Waals surface area contributed by atoms with Crippen LogP contribution in [0.1, 0.15) is 53.9 Å². The van der Waals surface area contributed by atoms with Gasteiger partial charge in [-0.2, -0.15) is 0 Å². The zero-order valence-electron chi connectivity index (χ0n) is 11.9. The molecule has 1 fully saturated rings. The van der Waals surface area contributed by atoms with Crippen LogP contribution in [0.4, 0.5) is 0 Å². The molecule has 16 heavy (non-hydrogen) atoms. The summed E-state index contributed by atoms with van der Waals surface area (Å²) in [5.41, 5.74) is 0.833. The summed E-state index contributed by atoms with van der Waals surface area (Å²) in [6.45, 7) is 16.5. The second-order valence-corrected chi connectivity index (χ2v) is 7.07. The van der Waals surface area contributed by atoms with E-state index in [0.29, 0.717) is 5.41 Å². The van der Waals surface area contributed by atoms with Crippen LogP contribution in [0, 0.1) is 5.41 Å². The van der Waals surface area contributed by atoms with Crippen molar-refractivity contribution in [2.24, 2.45) is 5.41 Å². The molecule has 0 radical (unpaired) electrons. The molecule has 1 saturated heterocycles. The Kier molecular flexibility index (Phi) is 4.81. The lowest BCUT2D eigenvalue weighted by atomic mass is 9.93. The monoisotopic (exact) mass is 226 g/mol. The van der Waals surface area contributed by atoms with Crippen LogP contribution in [-0.4, -0.2) is 36.6 Å². The highest BCUT2D eigenvalue weighted by Gasteiger charge is 2.28. The summed E-state index contributed by atoms with van der Waals surface area (Å²) in [4.78, 5) is 2.62. The fourth-order valence-electron chi connectivity index (χ4n) is 2.34. The maximum Gasteiger partial charge on any atom is 0.00965 e. The quantitative estimate of drug-likeness (QED) is 0.725. The van der Waals surface area contributed by atoms with Gasteiger partial charge >= 0.3 is 0 Å². The molecular weight excluding hydrogens is 196 g/mol. The number of hydrogen-bond acceptors (Lipinski definition) is 2. The van der Waals surface area contributed by atoms with Crippen molar-refractivity contribution in [3.8, 4) is 0 Å². The lowest BCUT2D eigenvalue weighted by Crippen LogP contribution is -2.36. The minimum atomic E-state index is 0.273. The third-order valence-electron chi connectivity index (χ3n) is 3.31. The van der Waals surface area contributed by atoms with E-state index in [1.807, 2.05) is 0 Å². The second-order valence-electron chi connectivity index (χ2n) is 7.07. The van der Waals surface area contributed by atoms with E-state index < -0.39 is 0 Å². The minimum absolute atomic E-state index is 0.273. The molecule has 1 N–H and O–H groups in total. The molecule has 0 bridgehead atoms. The Labute approximate surface area is 102 Å². The van der Waals surface area contributed by atoms with Gasteiger partial charge in [0.25, 0.3) is 0 Å². The highest BCUT2D eigenvalue weighted by molar-refractivity contribution is 4.82. The van der Waals surface area contributed by atoms with Crippen molar-refractivity contribution in [1.29, 1.82) is 0 Å². The van der Waals surface area contributed by atoms with E-state index >= 15 is 0 Å². The number of nitrogens with one attached hydrogen (secondary N) is 1. The normalized spacial score (nSPS) is 21.6. The van der Waals surface area contributed by atoms with E-state index in [4.69, 9.17) is 0 Å². The fraction of sp³-hybridized carbons (Fsp3) is 1.00. The number of nitrogens with zero attached hydrogens (tertiary/aromatic N) is 1. The van der Waals surface area contributed by atoms with Gasteiger partial charge in [-0.3, -0.25) is 0 Å². The van der Waals surface area contributed by atoms with Crippen molar-refractivity contribution in [3.05, 3.63) is 0 Å². The van der Waals surface area contributed by atoms with Crippen molar-refractivity contribution >= 4 is 0 Å². The third-order valence-corrected chi connectivity index (χ3v) is 3.31. The average molecular weight is 226 g/mol. The fourth-order valence-corrected chi connectivity index (χ4v) is 2.34. The van der Waals surface area contributed by atoms with Crippen molar-refractivity contribution in [1.82, 2.24) is 10.2 Å². The van der Waals surface area contributed by atoms with Gasteiger partial charge in [0.15, 0.2) is 0 Å². The topological polar surface area (TPSA) is 15.3 Å². The lowest BCUT2D eigenvalue weighted by molar-refractivity contribution is 0.283. The van der Waals surface area contributed by atoms with Crippen LogP contribution < -0.4 is 5.32 Å². The average Bonchev–Trinajstić information content (AvgIpc) is 2.43. The van der Waals surface area contributed by atoms with Gasteiger partial charge in [-0.15, -0.1) is 0 Å². The van der Waals surface area contributed by atoms with Gasteiger partial charge < -0.3 is 10.2 Å². The Hall–Kier alpha value is -0.0800. The molecule has 1 heterocycles. The number of rotatable bonds is 5. The van der Waals surface area contributed by atoms with Crippen molar-refractivity contribution < 1.29 is 0 Å². The first-order valence-corrected chi connectivity index (χ1v) is 6.76. The molecule has 0 aromatic carbocycles. The predicted molar refractivity (Wildman–Crippen MR) is 71.8 cm³/mol. The van der Waals surface area contributed by atoms with E-state index in [9.17, 15) is 0 Å². The Morgan fingerprint density at radius 2 is 1.88 bits per heavy atom. The molecule has 1 rings (SSSR count). The second kappa shape index (κ2) is 5.50. The summed E-state index contributed by atoms with van der Waals surface area (Å²) in [6, 6.07) is 0. The molecule has 0 amide bonds. The third kappa shape index (κ3) is 5.86. The highest BCUT2D eigenvalue weighted by Crippen LogP contribution is 2.28. The van der Waals surface area contributed by atoms with Gasteiger partial charge in [0.1, 0.15) is 0 Å². The van der Waals surface area contributed by atoms with Crippen LogP contribution in [0.25, 0.3) is 0 Å². The van der Waals surface area contributed by atoms with Gasteiger partial charge in [-0.1, -0.05) is 13.8 Å². The first-order chi connectivity index (χ1) is 7.29. The molecule has 0 aromatic rings. The van der Waals surface area contributed by atoms with Gasteiger partial charge in [-0.05, 0) is 65.1 Å². The lowest BCUT2D eigenvalue weighted by Gasteiger charge is -2.22.